The lowest BCUT2D eigenvalue weighted by Gasteiger charge is -2.36. The van der Waals surface area contributed by atoms with E-state index in [4.69, 9.17) is 0 Å². The summed E-state index contributed by atoms with van der Waals surface area (Å²) < 4.78 is 2.65. The van der Waals surface area contributed by atoms with Crippen LogP contribution in [0.2, 0.25) is 0 Å². The first-order valence-corrected chi connectivity index (χ1v) is 10.2. The average Bonchev–Trinajstić information content (AvgIpc) is 2.84. The van der Waals surface area contributed by atoms with Crippen LogP contribution >= 0.6 is 0 Å². The predicted octanol–water partition coefficient (Wildman–Crippen LogP) is 4.93. The smallest absolute Gasteiger partial charge is 0.0486 e. The van der Waals surface area contributed by atoms with E-state index in [9.17, 15) is 0 Å². The molecular weight excluding hydrogens is 330 g/mol. The van der Waals surface area contributed by atoms with Crippen LogP contribution in [0.25, 0.3) is 10.9 Å². The molecule has 2 atom stereocenters. The Balaban J connectivity index is 1.66. The van der Waals surface area contributed by atoms with Crippen molar-refractivity contribution in [3.8, 4) is 0 Å². The van der Waals surface area contributed by atoms with E-state index in [1.165, 1.54) is 34.9 Å². The molecule has 0 N–H and O–H groups in total. The maximum Gasteiger partial charge on any atom is 0.0486 e. The van der Waals surface area contributed by atoms with E-state index < -0.39 is 0 Å². The van der Waals surface area contributed by atoms with E-state index >= 15 is 0 Å². The van der Waals surface area contributed by atoms with Crippen molar-refractivity contribution in [1.82, 2.24) is 14.5 Å². The van der Waals surface area contributed by atoms with Gasteiger partial charge in [0.2, 0.25) is 0 Å². The molecule has 4 heterocycles. The van der Waals surface area contributed by atoms with Gasteiger partial charge in [0.25, 0.3) is 0 Å². The normalized spacial score (nSPS) is 25.4. The average molecular weight is 360 g/mol. The van der Waals surface area contributed by atoms with Crippen molar-refractivity contribution in [2.75, 3.05) is 13.6 Å². The van der Waals surface area contributed by atoms with Crippen LogP contribution in [0.5, 0.6) is 0 Å². The Hall–Kier alpha value is -2.13. The van der Waals surface area contributed by atoms with Gasteiger partial charge in [0.1, 0.15) is 0 Å². The molecule has 5 rings (SSSR count). The number of fused-ring (bicyclic) bond motifs is 3. The summed E-state index contributed by atoms with van der Waals surface area (Å²) in [6.45, 7) is 10.0. The first kappa shape index (κ1) is 17.0. The van der Waals surface area contributed by atoms with Gasteiger partial charge >= 0.3 is 0 Å². The Morgan fingerprint density at radius 1 is 1.15 bits per heavy atom. The summed E-state index contributed by atoms with van der Waals surface area (Å²) >= 11 is 0. The van der Waals surface area contributed by atoms with Gasteiger partial charge in [0, 0.05) is 54.0 Å². The molecule has 0 saturated heterocycles. The molecule has 0 saturated carbocycles. The van der Waals surface area contributed by atoms with Crippen LogP contribution in [0.15, 0.2) is 36.5 Å². The Bertz CT molecular complexity index is 1010. The topological polar surface area (TPSA) is 21.1 Å². The van der Waals surface area contributed by atoms with E-state index in [0.29, 0.717) is 5.92 Å². The van der Waals surface area contributed by atoms with Crippen LogP contribution in [0.4, 0.5) is 0 Å². The van der Waals surface area contributed by atoms with Crippen LogP contribution in [0, 0.1) is 13.8 Å². The summed E-state index contributed by atoms with van der Waals surface area (Å²) in [5.41, 5.74) is 8.64. The largest absolute Gasteiger partial charge is 0.344 e. The molecule has 0 aliphatic carbocycles. The lowest BCUT2D eigenvalue weighted by molar-refractivity contribution is 0.252. The third-order valence-corrected chi connectivity index (χ3v) is 6.91. The van der Waals surface area contributed by atoms with E-state index in [-0.39, 0.29) is 5.41 Å². The fraction of sp³-hybridized carbons (Fsp3) is 0.458. The highest BCUT2D eigenvalue weighted by atomic mass is 15.1. The van der Waals surface area contributed by atoms with Crippen molar-refractivity contribution < 1.29 is 0 Å². The number of nitrogens with zero attached hydrogens (tertiary/aromatic N) is 3. The van der Waals surface area contributed by atoms with E-state index in [2.05, 4.69) is 78.8 Å². The van der Waals surface area contributed by atoms with Gasteiger partial charge in [-0.25, -0.2) is 0 Å². The maximum absolute atomic E-state index is 4.61. The van der Waals surface area contributed by atoms with Crippen molar-refractivity contribution in [2.45, 2.75) is 58.0 Å². The third kappa shape index (κ3) is 2.63. The summed E-state index contributed by atoms with van der Waals surface area (Å²) in [5, 5.41) is 1.47. The minimum atomic E-state index is 0.177. The maximum atomic E-state index is 4.61. The molecule has 2 aliphatic rings. The van der Waals surface area contributed by atoms with Crippen molar-refractivity contribution in [3.63, 3.8) is 0 Å². The number of hydrogen-bond acceptors (Lipinski definition) is 2. The van der Waals surface area contributed by atoms with Gasteiger partial charge in [-0.15, -0.1) is 0 Å². The SMILES string of the molecule is Cc1ccc2c(c1)c1c3n2CCC(C)(c2ccc(C)nc2)CC3CN(C)C1. The van der Waals surface area contributed by atoms with E-state index in [1.807, 2.05) is 0 Å². The van der Waals surface area contributed by atoms with Gasteiger partial charge in [-0.1, -0.05) is 24.6 Å². The molecule has 3 aromatic rings. The van der Waals surface area contributed by atoms with Gasteiger partial charge in [0.15, 0.2) is 0 Å². The highest BCUT2D eigenvalue weighted by molar-refractivity contribution is 5.87. The van der Waals surface area contributed by atoms with Crippen LogP contribution in [0.3, 0.4) is 0 Å². The summed E-state index contributed by atoms with van der Waals surface area (Å²) in [7, 11) is 2.28. The Morgan fingerprint density at radius 3 is 2.78 bits per heavy atom. The minimum Gasteiger partial charge on any atom is -0.344 e. The molecule has 140 valence electrons. The molecule has 2 aromatic heterocycles. The lowest BCUT2D eigenvalue weighted by Crippen LogP contribution is -2.33. The monoisotopic (exact) mass is 359 g/mol. The van der Waals surface area contributed by atoms with Crippen LogP contribution < -0.4 is 0 Å². The summed E-state index contributed by atoms with van der Waals surface area (Å²) in [4.78, 5) is 7.12. The first-order chi connectivity index (χ1) is 12.9. The van der Waals surface area contributed by atoms with Crippen molar-refractivity contribution in [1.29, 1.82) is 0 Å². The lowest BCUT2D eigenvalue weighted by atomic mass is 9.72. The fourth-order valence-corrected chi connectivity index (χ4v) is 5.48. The summed E-state index contributed by atoms with van der Waals surface area (Å²) in [6, 6.07) is 11.5. The number of rotatable bonds is 1. The molecule has 0 bridgehead atoms. The van der Waals surface area contributed by atoms with Crippen molar-refractivity contribution in [2.24, 2.45) is 0 Å². The standard InChI is InChI=1S/C24H29N3/c1-16-5-8-22-20(11-16)21-15-26(4)14-18-12-24(3,9-10-27(22)23(18)21)19-7-6-17(2)25-13-19/h5-8,11,13,18H,9-10,12,14-15H2,1-4H3. The second kappa shape index (κ2) is 5.93. The Kier molecular flexibility index (Phi) is 3.74. The first-order valence-electron chi connectivity index (χ1n) is 10.2. The van der Waals surface area contributed by atoms with E-state index in [1.54, 1.807) is 11.3 Å². The number of pyridine rings is 1. The van der Waals surface area contributed by atoms with Crippen LogP contribution in [-0.4, -0.2) is 28.0 Å². The number of likely N-dealkylation sites (N-methyl/N-ethyl adjacent to an activating group) is 1. The van der Waals surface area contributed by atoms with Crippen molar-refractivity contribution >= 4 is 10.9 Å². The highest BCUT2D eigenvalue weighted by Gasteiger charge is 2.39. The molecule has 3 heteroatoms. The van der Waals surface area contributed by atoms with E-state index in [0.717, 1.165) is 25.3 Å². The molecule has 0 radical (unpaired) electrons. The van der Waals surface area contributed by atoms with Gasteiger partial charge < -0.3 is 9.47 Å². The van der Waals surface area contributed by atoms with Gasteiger partial charge in [-0.2, -0.15) is 0 Å². The molecule has 0 spiro atoms. The summed E-state index contributed by atoms with van der Waals surface area (Å²) in [6.07, 6.45) is 4.48. The fourth-order valence-electron chi connectivity index (χ4n) is 5.48. The molecule has 1 aromatic carbocycles. The Labute approximate surface area is 162 Å². The minimum absolute atomic E-state index is 0.177. The predicted molar refractivity (Wildman–Crippen MR) is 111 cm³/mol. The van der Waals surface area contributed by atoms with Crippen LogP contribution in [-0.2, 0) is 18.5 Å². The highest BCUT2D eigenvalue weighted by Crippen LogP contribution is 2.46. The zero-order chi connectivity index (χ0) is 18.8. The molecule has 27 heavy (non-hydrogen) atoms. The molecule has 2 aliphatic heterocycles. The third-order valence-electron chi connectivity index (χ3n) is 6.91. The zero-order valence-corrected chi connectivity index (χ0v) is 16.9. The second-order valence-electron chi connectivity index (χ2n) is 9.13. The molecule has 0 amide bonds. The second-order valence-corrected chi connectivity index (χ2v) is 9.13. The van der Waals surface area contributed by atoms with Crippen molar-refractivity contribution in [3.05, 3.63) is 64.6 Å². The number of hydrogen-bond donors (Lipinski definition) is 0. The molecular formula is C24H29N3. The van der Waals surface area contributed by atoms with Gasteiger partial charge in [0.05, 0.1) is 0 Å². The van der Waals surface area contributed by atoms with Crippen LogP contribution in [0.1, 0.15) is 53.8 Å². The molecule has 3 nitrogen and oxygen atoms in total. The quantitative estimate of drug-likeness (QED) is 0.614. The Morgan fingerprint density at radius 2 is 2.00 bits per heavy atom. The van der Waals surface area contributed by atoms with Gasteiger partial charge in [-0.05, 0) is 68.5 Å². The zero-order valence-electron chi connectivity index (χ0n) is 16.9. The van der Waals surface area contributed by atoms with Gasteiger partial charge in [-0.3, -0.25) is 4.98 Å². The molecule has 0 fully saturated rings. The number of aromatic nitrogens is 2. The number of benzene rings is 1. The summed E-state index contributed by atoms with van der Waals surface area (Å²) in [5.74, 6) is 0.584. The molecule has 2 unspecified atom stereocenters. The number of aryl methyl sites for hydroxylation is 3.